The number of ether oxygens (including phenoxy) is 1. The summed E-state index contributed by atoms with van der Waals surface area (Å²) in [4.78, 5) is 44.5. The van der Waals surface area contributed by atoms with Crippen LogP contribution in [-0.2, 0) is 4.79 Å². The number of likely N-dealkylation sites (tertiary alicyclic amines) is 2. The molecule has 12 heteroatoms. The van der Waals surface area contributed by atoms with Gasteiger partial charge in [0.05, 0.1) is 18.5 Å². The van der Waals surface area contributed by atoms with Crippen LogP contribution in [0.4, 0.5) is 23.1 Å². The molecule has 12 nitrogen and oxygen atoms in total. The molecule has 0 bridgehead atoms. The first-order valence-electron chi connectivity index (χ1n) is 15.8. The maximum Gasteiger partial charge on any atom is 0.251 e. The summed E-state index contributed by atoms with van der Waals surface area (Å²) >= 11 is 0. The third-order valence-electron chi connectivity index (χ3n) is 8.84. The van der Waals surface area contributed by atoms with Crippen LogP contribution in [0, 0.1) is 0 Å². The summed E-state index contributed by atoms with van der Waals surface area (Å²) in [6, 6.07) is 5.22. The van der Waals surface area contributed by atoms with Crippen LogP contribution in [0.1, 0.15) is 56.3 Å². The van der Waals surface area contributed by atoms with Gasteiger partial charge in [-0.2, -0.15) is 4.98 Å². The van der Waals surface area contributed by atoms with E-state index in [9.17, 15) is 14.7 Å². The zero-order chi connectivity index (χ0) is 31.2. The Hall–Kier alpha value is -3.90. The largest absolute Gasteiger partial charge is 0.489 e. The Morgan fingerprint density at radius 2 is 1.89 bits per heavy atom. The number of piperidine rings is 2. The number of hydrogen-bond acceptors (Lipinski definition) is 10. The molecule has 2 amide bonds. The van der Waals surface area contributed by atoms with E-state index in [4.69, 9.17) is 9.72 Å². The van der Waals surface area contributed by atoms with Gasteiger partial charge in [0.2, 0.25) is 11.9 Å². The number of amides is 2. The van der Waals surface area contributed by atoms with Gasteiger partial charge in [-0.1, -0.05) is 13.0 Å². The number of benzene rings is 1. The van der Waals surface area contributed by atoms with E-state index in [2.05, 4.69) is 49.6 Å². The zero-order valence-electron chi connectivity index (χ0n) is 26.3. The molecule has 44 heavy (non-hydrogen) atoms. The summed E-state index contributed by atoms with van der Waals surface area (Å²) in [5.41, 5.74) is 1.74. The van der Waals surface area contributed by atoms with Crippen molar-refractivity contribution < 1.29 is 19.4 Å². The van der Waals surface area contributed by atoms with Crippen LogP contribution in [0.5, 0.6) is 5.75 Å². The van der Waals surface area contributed by atoms with Crippen molar-refractivity contribution in [1.29, 1.82) is 0 Å². The average Bonchev–Trinajstić information content (AvgIpc) is 3.03. The Bertz CT molecular complexity index is 1340. The van der Waals surface area contributed by atoms with E-state index in [0.29, 0.717) is 35.1 Å². The highest BCUT2D eigenvalue weighted by molar-refractivity contribution is 6.04. The molecule has 0 saturated carbocycles. The Morgan fingerprint density at radius 3 is 2.57 bits per heavy atom. The second-order valence-electron chi connectivity index (χ2n) is 11.8. The number of fused-ring (bicyclic) bond motifs is 1. The molecule has 2 aromatic rings. The molecule has 1 aromatic heterocycles. The maximum atomic E-state index is 13.4. The first-order valence-corrected chi connectivity index (χ1v) is 15.8. The van der Waals surface area contributed by atoms with Crippen molar-refractivity contribution in [2.24, 2.45) is 0 Å². The van der Waals surface area contributed by atoms with E-state index < -0.39 is 0 Å². The van der Waals surface area contributed by atoms with Crippen molar-refractivity contribution in [2.75, 3.05) is 68.6 Å². The fourth-order valence-corrected chi connectivity index (χ4v) is 6.37. The molecule has 238 valence electrons. The van der Waals surface area contributed by atoms with Crippen LogP contribution < -0.4 is 25.2 Å². The number of likely N-dealkylation sites (N-methyl/N-ethyl adjacent to an activating group) is 1. The highest BCUT2D eigenvalue weighted by Crippen LogP contribution is 2.39. The minimum Gasteiger partial charge on any atom is -0.489 e. The molecule has 0 radical (unpaired) electrons. The van der Waals surface area contributed by atoms with Crippen LogP contribution in [0.15, 0.2) is 36.7 Å². The van der Waals surface area contributed by atoms with E-state index >= 15 is 0 Å². The van der Waals surface area contributed by atoms with Gasteiger partial charge < -0.3 is 40.1 Å². The van der Waals surface area contributed by atoms with Crippen LogP contribution in [-0.4, -0.2) is 108 Å². The lowest BCUT2D eigenvalue weighted by atomic mass is 9.97. The smallest absolute Gasteiger partial charge is 0.251 e. The molecule has 3 aliphatic rings. The van der Waals surface area contributed by atoms with Gasteiger partial charge in [0.25, 0.3) is 5.91 Å². The molecule has 1 aromatic carbocycles. The SMILES string of the molecule is CC=CN1CCC(N2c3nc(Nc4ccc(C(=O)NC5CCN(C)CC5)cc4OCCO)ncc3N(C)C(=O)[C@H]2CC)CC1. The van der Waals surface area contributed by atoms with E-state index in [0.717, 1.165) is 57.7 Å². The first kappa shape index (κ1) is 31.5. The lowest BCUT2D eigenvalue weighted by Crippen LogP contribution is -2.58. The molecular weight excluding hydrogens is 560 g/mol. The third-order valence-corrected chi connectivity index (χ3v) is 8.84. The van der Waals surface area contributed by atoms with Crippen LogP contribution in [0.25, 0.3) is 0 Å². The van der Waals surface area contributed by atoms with Gasteiger partial charge in [-0.05, 0) is 83.6 Å². The second kappa shape index (κ2) is 14.3. The Labute approximate surface area is 260 Å². The van der Waals surface area contributed by atoms with Gasteiger partial charge in [0.15, 0.2) is 5.82 Å². The molecule has 0 unspecified atom stereocenters. The second-order valence-corrected chi connectivity index (χ2v) is 11.8. The Balaban J connectivity index is 1.40. The fraction of sp³-hybridized carbons (Fsp3) is 0.562. The summed E-state index contributed by atoms with van der Waals surface area (Å²) in [6.45, 7) is 7.72. The summed E-state index contributed by atoms with van der Waals surface area (Å²) in [7, 11) is 3.87. The maximum absolute atomic E-state index is 13.4. The van der Waals surface area contributed by atoms with E-state index in [1.54, 1.807) is 36.3 Å². The Kier molecular flexibility index (Phi) is 10.2. The lowest BCUT2D eigenvalue weighted by molar-refractivity contribution is -0.120. The molecule has 3 aliphatic heterocycles. The summed E-state index contributed by atoms with van der Waals surface area (Å²) < 4.78 is 5.85. The molecule has 2 saturated heterocycles. The number of carbonyl (C=O) groups is 2. The Morgan fingerprint density at radius 1 is 1.14 bits per heavy atom. The fourth-order valence-electron chi connectivity index (χ4n) is 6.37. The number of rotatable bonds is 10. The number of anilines is 4. The molecule has 0 aliphatic carbocycles. The molecule has 1 atom stereocenters. The lowest BCUT2D eigenvalue weighted by Gasteiger charge is -2.46. The monoisotopic (exact) mass is 606 g/mol. The predicted molar refractivity (Wildman–Crippen MR) is 172 cm³/mol. The van der Waals surface area contributed by atoms with Crippen LogP contribution in [0.2, 0.25) is 0 Å². The number of aliphatic hydroxyl groups is 1. The highest BCUT2D eigenvalue weighted by atomic mass is 16.5. The van der Waals surface area contributed by atoms with E-state index in [1.807, 2.05) is 13.8 Å². The van der Waals surface area contributed by atoms with E-state index in [-0.39, 0.29) is 43.2 Å². The number of nitrogens with one attached hydrogen (secondary N) is 2. The quantitative estimate of drug-likeness (QED) is 0.372. The van der Waals surface area contributed by atoms with Crippen molar-refractivity contribution in [3.63, 3.8) is 0 Å². The van der Waals surface area contributed by atoms with Crippen molar-refractivity contribution >= 4 is 35.0 Å². The number of carbonyl (C=O) groups excluding carboxylic acids is 2. The van der Waals surface area contributed by atoms with Gasteiger partial charge >= 0.3 is 0 Å². The predicted octanol–water partition coefficient (Wildman–Crippen LogP) is 2.97. The molecule has 3 N–H and O–H groups in total. The summed E-state index contributed by atoms with van der Waals surface area (Å²) in [5.74, 6) is 1.40. The number of aromatic nitrogens is 2. The highest BCUT2D eigenvalue weighted by Gasteiger charge is 2.41. The van der Waals surface area contributed by atoms with Crippen molar-refractivity contribution in [3.05, 3.63) is 42.2 Å². The summed E-state index contributed by atoms with van der Waals surface area (Å²) in [6.07, 6.45) is 10.2. The average molecular weight is 607 g/mol. The minimum atomic E-state index is -0.306. The van der Waals surface area contributed by atoms with Gasteiger partial charge in [0, 0.05) is 37.8 Å². The number of nitrogens with zero attached hydrogens (tertiary/aromatic N) is 6. The van der Waals surface area contributed by atoms with E-state index in [1.165, 1.54) is 0 Å². The topological polar surface area (TPSA) is 126 Å². The molecule has 5 rings (SSSR count). The molecule has 2 fully saturated rings. The van der Waals surface area contributed by atoms with Gasteiger partial charge in [-0.3, -0.25) is 9.59 Å². The number of aliphatic hydroxyl groups excluding tert-OH is 1. The van der Waals surface area contributed by atoms with Crippen molar-refractivity contribution in [1.82, 2.24) is 25.1 Å². The van der Waals surface area contributed by atoms with Crippen molar-refractivity contribution in [2.45, 2.75) is 64.1 Å². The van der Waals surface area contributed by atoms with Crippen LogP contribution in [0.3, 0.4) is 0 Å². The van der Waals surface area contributed by atoms with Gasteiger partial charge in [0.1, 0.15) is 24.1 Å². The molecular formula is C32H46N8O4. The summed E-state index contributed by atoms with van der Waals surface area (Å²) in [5, 5.41) is 15.9. The number of hydrogen-bond donors (Lipinski definition) is 3. The minimum absolute atomic E-state index is 0.0500. The van der Waals surface area contributed by atoms with Crippen LogP contribution >= 0.6 is 0 Å². The number of allylic oxidation sites excluding steroid dienone is 1. The van der Waals surface area contributed by atoms with Gasteiger partial charge in [-0.25, -0.2) is 4.98 Å². The molecule has 4 heterocycles. The zero-order valence-corrected chi connectivity index (χ0v) is 26.3. The molecule has 0 spiro atoms. The standard InChI is InChI=1S/C32H46N8O4/c1-5-13-39-16-11-24(12-17-39)40-26(6-2)31(43)38(4)27-21-33-32(36-29(27)40)35-25-8-7-22(20-28(25)44-19-18-41)30(42)34-23-9-14-37(3)15-10-23/h5,7-8,13,20-21,23-24,26,41H,6,9-12,14-19H2,1-4H3,(H,34,42)(H,33,35,36)/t26-/m1/s1. The third kappa shape index (κ3) is 6.91. The van der Waals surface area contributed by atoms with Gasteiger partial charge in [-0.15, -0.1) is 0 Å². The normalized spacial score (nSPS) is 20.2. The first-order chi connectivity index (χ1) is 21.3. The van der Waals surface area contributed by atoms with Crippen molar-refractivity contribution in [3.8, 4) is 5.75 Å².